The molecule has 4 nitrogen and oxygen atoms in total. The SMILES string of the molecule is C=Cn1cc(CN[C@@H](C)c2ccncc2)cn1. The van der Waals surface area contributed by atoms with Gasteiger partial charge in [-0.3, -0.25) is 4.98 Å². The van der Waals surface area contributed by atoms with Gasteiger partial charge in [-0.15, -0.1) is 0 Å². The largest absolute Gasteiger partial charge is 0.306 e. The summed E-state index contributed by atoms with van der Waals surface area (Å²) in [5.41, 5.74) is 2.38. The quantitative estimate of drug-likeness (QED) is 0.853. The Morgan fingerprint density at radius 2 is 2.24 bits per heavy atom. The Kier molecular flexibility index (Phi) is 3.67. The Balaban J connectivity index is 1.92. The van der Waals surface area contributed by atoms with Crippen LogP contribution in [0.5, 0.6) is 0 Å². The summed E-state index contributed by atoms with van der Waals surface area (Å²) in [4.78, 5) is 4.01. The van der Waals surface area contributed by atoms with Gasteiger partial charge in [0.05, 0.1) is 6.20 Å². The van der Waals surface area contributed by atoms with Crippen molar-refractivity contribution in [3.8, 4) is 0 Å². The van der Waals surface area contributed by atoms with Crippen molar-refractivity contribution >= 4 is 6.20 Å². The van der Waals surface area contributed by atoms with Gasteiger partial charge in [-0.05, 0) is 24.6 Å². The van der Waals surface area contributed by atoms with Crippen molar-refractivity contribution in [1.82, 2.24) is 20.1 Å². The number of nitrogens with zero attached hydrogens (tertiary/aromatic N) is 3. The van der Waals surface area contributed by atoms with Crippen LogP contribution in [0.25, 0.3) is 6.20 Å². The van der Waals surface area contributed by atoms with E-state index in [1.807, 2.05) is 36.9 Å². The highest BCUT2D eigenvalue weighted by Gasteiger charge is 2.04. The minimum absolute atomic E-state index is 0.296. The second-order valence-electron chi connectivity index (χ2n) is 3.89. The monoisotopic (exact) mass is 228 g/mol. The van der Waals surface area contributed by atoms with Crippen LogP contribution < -0.4 is 5.32 Å². The number of pyridine rings is 1. The molecule has 0 aromatic carbocycles. The van der Waals surface area contributed by atoms with Crippen molar-refractivity contribution in [3.05, 3.63) is 54.6 Å². The minimum Gasteiger partial charge on any atom is -0.306 e. The van der Waals surface area contributed by atoms with Crippen molar-refractivity contribution in [1.29, 1.82) is 0 Å². The van der Waals surface area contributed by atoms with Gasteiger partial charge in [0.2, 0.25) is 0 Å². The number of aromatic nitrogens is 3. The Morgan fingerprint density at radius 1 is 1.47 bits per heavy atom. The van der Waals surface area contributed by atoms with E-state index in [-0.39, 0.29) is 0 Å². The Hall–Kier alpha value is -1.94. The zero-order valence-corrected chi connectivity index (χ0v) is 9.87. The van der Waals surface area contributed by atoms with E-state index in [0.717, 1.165) is 12.1 Å². The number of hydrogen-bond acceptors (Lipinski definition) is 3. The van der Waals surface area contributed by atoms with Gasteiger partial charge in [0.25, 0.3) is 0 Å². The van der Waals surface area contributed by atoms with E-state index in [1.165, 1.54) is 5.56 Å². The molecule has 0 unspecified atom stereocenters. The van der Waals surface area contributed by atoms with Crippen molar-refractivity contribution < 1.29 is 0 Å². The molecule has 1 N–H and O–H groups in total. The molecule has 0 radical (unpaired) electrons. The van der Waals surface area contributed by atoms with Gasteiger partial charge >= 0.3 is 0 Å². The lowest BCUT2D eigenvalue weighted by Gasteiger charge is -2.12. The van der Waals surface area contributed by atoms with Crippen LogP contribution in [0.4, 0.5) is 0 Å². The second kappa shape index (κ2) is 5.41. The average Bonchev–Trinajstić information content (AvgIpc) is 2.85. The summed E-state index contributed by atoms with van der Waals surface area (Å²) < 4.78 is 1.70. The lowest BCUT2D eigenvalue weighted by Crippen LogP contribution is -2.17. The predicted molar refractivity (Wildman–Crippen MR) is 68.1 cm³/mol. The molecule has 17 heavy (non-hydrogen) atoms. The van der Waals surface area contributed by atoms with Gasteiger partial charge in [0.1, 0.15) is 0 Å². The van der Waals surface area contributed by atoms with Gasteiger partial charge < -0.3 is 5.32 Å². The van der Waals surface area contributed by atoms with E-state index in [4.69, 9.17) is 0 Å². The lowest BCUT2D eigenvalue weighted by atomic mass is 10.1. The van der Waals surface area contributed by atoms with Crippen LogP contribution in [-0.2, 0) is 6.54 Å². The standard InChI is InChI=1S/C13H16N4/c1-3-17-10-12(9-16-17)8-15-11(2)13-4-6-14-7-5-13/h3-7,9-11,15H,1,8H2,2H3/t11-/m0/s1. The number of hydrogen-bond donors (Lipinski definition) is 1. The number of rotatable bonds is 5. The topological polar surface area (TPSA) is 42.7 Å². The molecule has 0 saturated carbocycles. The van der Waals surface area contributed by atoms with Gasteiger partial charge in [-0.1, -0.05) is 6.58 Å². The molecule has 1 atom stereocenters. The Morgan fingerprint density at radius 3 is 2.88 bits per heavy atom. The van der Waals surface area contributed by atoms with Crippen LogP contribution in [0.15, 0.2) is 43.5 Å². The van der Waals surface area contributed by atoms with Crippen molar-refractivity contribution in [2.45, 2.75) is 19.5 Å². The molecule has 2 heterocycles. The molecule has 4 heteroatoms. The fourth-order valence-electron chi connectivity index (χ4n) is 1.61. The summed E-state index contributed by atoms with van der Waals surface area (Å²) in [5.74, 6) is 0. The van der Waals surface area contributed by atoms with Crippen molar-refractivity contribution in [2.75, 3.05) is 0 Å². The van der Waals surface area contributed by atoms with Crippen LogP contribution in [0.3, 0.4) is 0 Å². The van der Waals surface area contributed by atoms with E-state index in [0.29, 0.717) is 6.04 Å². The van der Waals surface area contributed by atoms with E-state index >= 15 is 0 Å². The van der Waals surface area contributed by atoms with Crippen LogP contribution in [0.1, 0.15) is 24.1 Å². The summed E-state index contributed by atoms with van der Waals surface area (Å²) in [7, 11) is 0. The zero-order valence-electron chi connectivity index (χ0n) is 9.87. The van der Waals surface area contributed by atoms with Gasteiger partial charge in [0, 0.05) is 42.9 Å². The molecule has 0 amide bonds. The van der Waals surface area contributed by atoms with Crippen molar-refractivity contribution in [3.63, 3.8) is 0 Å². The first kappa shape index (κ1) is 11.5. The van der Waals surface area contributed by atoms with E-state index in [1.54, 1.807) is 10.9 Å². The molecular weight excluding hydrogens is 212 g/mol. The first-order valence-electron chi connectivity index (χ1n) is 5.58. The fraction of sp³-hybridized carbons (Fsp3) is 0.231. The van der Waals surface area contributed by atoms with Crippen LogP contribution in [0.2, 0.25) is 0 Å². The molecule has 2 aromatic heterocycles. The fourth-order valence-corrected chi connectivity index (χ4v) is 1.61. The summed E-state index contributed by atoms with van der Waals surface area (Å²) in [5, 5.41) is 7.57. The maximum Gasteiger partial charge on any atom is 0.0538 e. The number of nitrogens with one attached hydrogen (secondary N) is 1. The van der Waals surface area contributed by atoms with E-state index < -0.39 is 0 Å². The third-order valence-corrected chi connectivity index (χ3v) is 2.66. The molecule has 0 aliphatic carbocycles. The van der Waals surface area contributed by atoms with Crippen molar-refractivity contribution in [2.24, 2.45) is 0 Å². The summed E-state index contributed by atoms with van der Waals surface area (Å²) in [6, 6.07) is 4.33. The summed E-state index contributed by atoms with van der Waals surface area (Å²) in [6.45, 7) is 6.58. The summed E-state index contributed by atoms with van der Waals surface area (Å²) in [6.07, 6.45) is 9.09. The second-order valence-corrected chi connectivity index (χ2v) is 3.89. The van der Waals surface area contributed by atoms with Crippen LogP contribution in [-0.4, -0.2) is 14.8 Å². The molecule has 0 saturated heterocycles. The third kappa shape index (κ3) is 3.01. The smallest absolute Gasteiger partial charge is 0.0538 e. The summed E-state index contributed by atoms with van der Waals surface area (Å²) >= 11 is 0. The third-order valence-electron chi connectivity index (χ3n) is 2.66. The highest BCUT2D eigenvalue weighted by molar-refractivity contribution is 5.18. The molecule has 88 valence electrons. The molecule has 2 rings (SSSR count). The predicted octanol–water partition coefficient (Wildman–Crippen LogP) is 2.23. The van der Waals surface area contributed by atoms with E-state index in [2.05, 4.69) is 28.9 Å². The zero-order chi connectivity index (χ0) is 12.1. The van der Waals surface area contributed by atoms with Crippen LogP contribution in [0, 0.1) is 0 Å². The first-order chi connectivity index (χ1) is 8.29. The molecule has 0 fully saturated rings. The Bertz CT molecular complexity index is 475. The van der Waals surface area contributed by atoms with Gasteiger partial charge in [-0.2, -0.15) is 5.10 Å². The Labute approximate surface area is 101 Å². The minimum atomic E-state index is 0.296. The molecule has 0 spiro atoms. The maximum atomic E-state index is 4.13. The lowest BCUT2D eigenvalue weighted by molar-refractivity contribution is 0.574. The highest BCUT2D eigenvalue weighted by atomic mass is 15.2. The van der Waals surface area contributed by atoms with E-state index in [9.17, 15) is 0 Å². The van der Waals surface area contributed by atoms with Gasteiger partial charge in [0.15, 0.2) is 0 Å². The maximum absolute atomic E-state index is 4.13. The molecular formula is C13H16N4. The highest BCUT2D eigenvalue weighted by Crippen LogP contribution is 2.11. The average molecular weight is 228 g/mol. The molecule has 0 aliphatic heterocycles. The molecule has 0 bridgehead atoms. The van der Waals surface area contributed by atoms with Crippen LogP contribution >= 0.6 is 0 Å². The molecule has 2 aromatic rings. The normalized spacial score (nSPS) is 12.3. The first-order valence-corrected chi connectivity index (χ1v) is 5.58. The molecule has 0 aliphatic rings. The van der Waals surface area contributed by atoms with Gasteiger partial charge in [-0.25, -0.2) is 4.68 Å².